The van der Waals surface area contributed by atoms with Crippen LogP contribution >= 0.6 is 11.3 Å². The van der Waals surface area contributed by atoms with E-state index < -0.39 is 16.9 Å². The second-order valence-electron chi connectivity index (χ2n) is 6.99. The molecular weight excluding hydrogens is 416 g/mol. The van der Waals surface area contributed by atoms with Crippen LogP contribution in [0.15, 0.2) is 60.8 Å². The lowest BCUT2D eigenvalue weighted by Crippen LogP contribution is -2.25. The van der Waals surface area contributed by atoms with Crippen molar-refractivity contribution in [1.29, 1.82) is 0 Å². The Labute approximate surface area is 181 Å². The van der Waals surface area contributed by atoms with Crippen LogP contribution in [0.4, 0.5) is 10.8 Å². The first kappa shape index (κ1) is 20.3. The second-order valence-corrected chi connectivity index (χ2v) is 9.29. The van der Waals surface area contributed by atoms with Gasteiger partial charge in [0.25, 0.3) is 5.91 Å². The highest BCUT2D eigenvalue weighted by Crippen LogP contribution is 2.37. The van der Waals surface area contributed by atoms with Gasteiger partial charge in [-0.25, -0.2) is 9.19 Å². The van der Waals surface area contributed by atoms with Crippen molar-refractivity contribution in [2.45, 2.75) is 13.5 Å². The van der Waals surface area contributed by atoms with E-state index in [4.69, 9.17) is 0 Å². The summed E-state index contributed by atoms with van der Waals surface area (Å²) in [6.07, 6.45) is 3.47. The maximum absolute atomic E-state index is 12.4. The number of hydrogen-bond donors (Lipinski definition) is 1. The molecule has 0 radical (unpaired) electrons. The molecule has 0 aliphatic rings. The predicted octanol–water partition coefficient (Wildman–Crippen LogP) is 4.30. The van der Waals surface area contributed by atoms with Crippen LogP contribution < -0.4 is 9.62 Å². The molecule has 0 aliphatic carbocycles. The van der Waals surface area contributed by atoms with E-state index in [1.165, 1.54) is 17.6 Å². The SMILES string of the molecule is Cc1sc(N(Cc2ccccc2)c2cccc3c2ccn3C)nc1C(=O)NS(C)=O. The molecule has 30 heavy (non-hydrogen) atoms. The molecule has 154 valence electrons. The normalized spacial score (nSPS) is 12.1. The van der Waals surface area contributed by atoms with Crippen LogP contribution in [0.3, 0.4) is 0 Å². The van der Waals surface area contributed by atoms with E-state index in [1.807, 2.05) is 44.4 Å². The van der Waals surface area contributed by atoms with Crippen LogP contribution in [0.5, 0.6) is 0 Å². The zero-order valence-corrected chi connectivity index (χ0v) is 18.6. The lowest BCUT2D eigenvalue weighted by atomic mass is 10.1. The molecule has 0 saturated carbocycles. The van der Waals surface area contributed by atoms with E-state index in [9.17, 15) is 9.00 Å². The molecule has 2 aromatic heterocycles. The van der Waals surface area contributed by atoms with Crippen LogP contribution in [0.25, 0.3) is 10.9 Å². The lowest BCUT2D eigenvalue weighted by molar-refractivity contribution is 0.0978. The van der Waals surface area contributed by atoms with Crippen molar-refractivity contribution in [1.82, 2.24) is 14.3 Å². The van der Waals surface area contributed by atoms with Gasteiger partial charge in [0.2, 0.25) is 0 Å². The molecule has 1 N–H and O–H groups in total. The number of nitrogens with zero attached hydrogens (tertiary/aromatic N) is 3. The van der Waals surface area contributed by atoms with Crippen molar-refractivity contribution < 1.29 is 9.00 Å². The van der Waals surface area contributed by atoms with Gasteiger partial charge < -0.3 is 9.47 Å². The molecule has 0 saturated heterocycles. The molecule has 2 aromatic carbocycles. The Bertz CT molecular complexity index is 1230. The minimum absolute atomic E-state index is 0.309. The minimum atomic E-state index is -1.44. The van der Waals surface area contributed by atoms with Crippen molar-refractivity contribution in [2.75, 3.05) is 11.2 Å². The summed E-state index contributed by atoms with van der Waals surface area (Å²) in [5.74, 6) is -0.423. The topological polar surface area (TPSA) is 67.2 Å². The van der Waals surface area contributed by atoms with Gasteiger partial charge in [0.1, 0.15) is 16.7 Å². The summed E-state index contributed by atoms with van der Waals surface area (Å²) in [7, 11) is 0.582. The first-order valence-corrected chi connectivity index (χ1v) is 11.8. The number of aromatic nitrogens is 2. The molecule has 4 aromatic rings. The summed E-state index contributed by atoms with van der Waals surface area (Å²) in [6.45, 7) is 2.47. The summed E-state index contributed by atoms with van der Waals surface area (Å²) in [5.41, 5.74) is 3.59. The third kappa shape index (κ3) is 4.01. The maximum Gasteiger partial charge on any atom is 0.282 e. The Morgan fingerprint density at radius 3 is 2.67 bits per heavy atom. The second kappa shape index (κ2) is 8.41. The monoisotopic (exact) mass is 438 g/mol. The summed E-state index contributed by atoms with van der Waals surface area (Å²) in [4.78, 5) is 20.0. The molecule has 0 aliphatic heterocycles. The summed E-state index contributed by atoms with van der Waals surface area (Å²) in [5, 5.41) is 1.84. The van der Waals surface area contributed by atoms with Gasteiger partial charge in [-0.15, -0.1) is 11.3 Å². The van der Waals surface area contributed by atoms with Gasteiger partial charge in [0, 0.05) is 35.3 Å². The largest absolute Gasteiger partial charge is 0.350 e. The number of rotatable bonds is 6. The highest BCUT2D eigenvalue weighted by molar-refractivity contribution is 7.82. The van der Waals surface area contributed by atoms with Crippen molar-refractivity contribution in [3.8, 4) is 0 Å². The highest BCUT2D eigenvalue weighted by Gasteiger charge is 2.22. The molecule has 1 amide bonds. The Morgan fingerprint density at radius 2 is 1.93 bits per heavy atom. The van der Waals surface area contributed by atoms with Gasteiger partial charge in [0.05, 0.1) is 12.2 Å². The first-order chi connectivity index (χ1) is 14.4. The number of fused-ring (bicyclic) bond motifs is 1. The summed E-state index contributed by atoms with van der Waals surface area (Å²) >= 11 is 1.46. The smallest absolute Gasteiger partial charge is 0.282 e. The van der Waals surface area contributed by atoms with Crippen molar-refractivity contribution in [3.05, 3.63) is 76.9 Å². The fraction of sp³-hybridized carbons (Fsp3) is 0.182. The van der Waals surface area contributed by atoms with Gasteiger partial charge in [-0.1, -0.05) is 36.4 Å². The standard InChI is InChI=1S/C22H22N4O2S2/c1-15-20(21(27)24-30(3)28)23-22(29-15)26(14-16-8-5-4-6-9-16)19-11-7-10-18-17(19)12-13-25(18)2/h4-13H,14H2,1-3H3,(H,24,27). The molecule has 0 fully saturated rings. The van der Waals surface area contributed by atoms with Crippen LogP contribution in [0.1, 0.15) is 20.9 Å². The van der Waals surface area contributed by atoms with Crippen LogP contribution in [-0.2, 0) is 24.6 Å². The van der Waals surface area contributed by atoms with E-state index in [2.05, 4.69) is 49.5 Å². The Kier molecular flexibility index (Phi) is 5.69. The van der Waals surface area contributed by atoms with Gasteiger partial charge in [0.15, 0.2) is 5.13 Å². The zero-order chi connectivity index (χ0) is 21.3. The first-order valence-electron chi connectivity index (χ1n) is 9.41. The van der Waals surface area contributed by atoms with E-state index in [0.29, 0.717) is 12.2 Å². The summed E-state index contributed by atoms with van der Waals surface area (Å²) in [6, 6.07) is 18.5. The van der Waals surface area contributed by atoms with Crippen LogP contribution in [-0.4, -0.2) is 25.9 Å². The number of aryl methyl sites for hydroxylation is 2. The Morgan fingerprint density at radius 1 is 1.17 bits per heavy atom. The number of carbonyl (C=O) groups is 1. The van der Waals surface area contributed by atoms with Gasteiger partial charge in [-0.3, -0.25) is 9.52 Å². The maximum atomic E-state index is 12.4. The van der Waals surface area contributed by atoms with Gasteiger partial charge in [-0.2, -0.15) is 0 Å². The fourth-order valence-corrected chi connectivity index (χ4v) is 4.71. The van der Waals surface area contributed by atoms with E-state index >= 15 is 0 Å². The van der Waals surface area contributed by atoms with Crippen molar-refractivity contribution in [3.63, 3.8) is 0 Å². The van der Waals surface area contributed by atoms with E-state index in [-0.39, 0.29) is 0 Å². The lowest BCUT2D eigenvalue weighted by Gasteiger charge is -2.23. The number of amides is 1. The third-order valence-electron chi connectivity index (χ3n) is 4.85. The fourth-order valence-electron chi connectivity index (χ4n) is 3.43. The van der Waals surface area contributed by atoms with Gasteiger partial charge >= 0.3 is 0 Å². The third-order valence-corrected chi connectivity index (χ3v) is 6.31. The number of hydrogen-bond acceptors (Lipinski definition) is 5. The van der Waals surface area contributed by atoms with Crippen LogP contribution in [0, 0.1) is 6.92 Å². The number of nitrogens with one attached hydrogen (secondary N) is 1. The molecule has 0 bridgehead atoms. The van der Waals surface area contributed by atoms with E-state index in [0.717, 1.165) is 32.2 Å². The predicted molar refractivity (Wildman–Crippen MR) is 124 cm³/mol. The van der Waals surface area contributed by atoms with E-state index in [1.54, 1.807) is 0 Å². The quantitative estimate of drug-likeness (QED) is 0.487. The number of benzene rings is 2. The average molecular weight is 439 g/mol. The molecule has 0 spiro atoms. The molecule has 8 heteroatoms. The number of carbonyl (C=O) groups excluding carboxylic acids is 1. The average Bonchev–Trinajstić information content (AvgIpc) is 3.29. The van der Waals surface area contributed by atoms with Gasteiger partial charge in [-0.05, 0) is 30.7 Å². The summed E-state index contributed by atoms with van der Waals surface area (Å²) < 4.78 is 15.9. The molecule has 2 heterocycles. The Hall–Kier alpha value is -2.97. The molecule has 4 rings (SSSR count). The Balaban J connectivity index is 1.82. The minimum Gasteiger partial charge on any atom is -0.350 e. The van der Waals surface area contributed by atoms with Crippen LogP contribution in [0.2, 0.25) is 0 Å². The molecule has 6 nitrogen and oxygen atoms in total. The molecule has 1 atom stereocenters. The highest BCUT2D eigenvalue weighted by atomic mass is 32.2. The van der Waals surface area contributed by atoms with Crippen molar-refractivity contribution in [2.24, 2.45) is 7.05 Å². The molecule has 1 unspecified atom stereocenters. The number of thiazole rings is 1. The molecular formula is C22H22N4O2S2. The van der Waals surface area contributed by atoms with Crippen molar-refractivity contribution >= 4 is 50.0 Å². The number of anilines is 2. The zero-order valence-electron chi connectivity index (χ0n) is 17.0.